The summed E-state index contributed by atoms with van der Waals surface area (Å²) in [5.41, 5.74) is 2.27. The summed E-state index contributed by atoms with van der Waals surface area (Å²) in [6.07, 6.45) is 3.07. The minimum absolute atomic E-state index is 0.304. The Bertz CT molecular complexity index is 617. The molecule has 2 rings (SSSR count). The van der Waals surface area contributed by atoms with Gasteiger partial charge in [-0.15, -0.1) is 0 Å². The molecule has 0 bridgehead atoms. The number of pyridine rings is 1. The highest BCUT2D eigenvalue weighted by Gasteiger charge is 2.15. The normalized spacial score (nSPS) is 11.4. The maximum absolute atomic E-state index is 12.0. The molecular formula is C15H13N3O. The average Bonchev–Trinajstić information content (AvgIpc) is 2.45. The third-order valence-electron chi connectivity index (χ3n) is 2.70. The van der Waals surface area contributed by atoms with Gasteiger partial charge in [0, 0.05) is 12.4 Å². The largest absolute Gasteiger partial charge is 0.332 e. The van der Waals surface area contributed by atoms with Crippen molar-refractivity contribution in [2.75, 3.05) is 0 Å². The van der Waals surface area contributed by atoms with Gasteiger partial charge in [-0.2, -0.15) is 5.26 Å². The maximum Gasteiger partial charge on any atom is 0.254 e. The first-order valence-corrected chi connectivity index (χ1v) is 5.88. The second-order valence-corrected chi connectivity index (χ2v) is 4.19. The number of nitriles is 1. The van der Waals surface area contributed by atoms with Crippen molar-refractivity contribution in [3.63, 3.8) is 0 Å². The first kappa shape index (κ1) is 12.8. The van der Waals surface area contributed by atoms with Crippen molar-refractivity contribution in [3.8, 4) is 6.07 Å². The van der Waals surface area contributed by atoms with Crippen LogP contribution in [0.25, 0.3) is 0 Å². The third kappa shape index (κ3) is 3.17. The van der Waals surface area contributed by atoms with Crippen molar-refractivity contribution in [1.29, 1.82) is 5.26 Å². The zero-order valence-electron chi connectivity index (χ0n) is 10.5. The van der Waals surface area contributed by atoms with Crippen LogP contribution in [0.4, 0.5) is 0 Å². The van der Waals surface area contributed by atoms with E-state index in [1.807, 2.05) is 31.2 Å². The Morgan fingerprint density at radius 3 is 2.84 bits per heavy atom. The fraction of sp³-hybridized carbons (Fsp3) is 0.133. The van der Waals surface area contributed by atoms with Gasteiger partial charge < -0.3 is 5.32 Å². The molecule has 1 aromatic carbocycles. The lowest BCUT2D eigenvalue weighted by molar-refractivity contribution is 0.0945. The molecule has 19 heavy (non-hydrogen) atoms. The molecule has 1 N–H and O–H groups in total. The molecule has 0 spiro atoms. The van der Waals surface area contributed by atoms with Crippen molar-refractivity contribution >= 4 is 5.91 Å². The van der Waals surface area contributed by atoms with Crippen LogP contribution in [0, 0.1) is 18.3 Å². The van der Waals surface area contributed by atoms with Gasteiger partial charge in [-0.05, 0) is 24.6 Å². The van der Waals surface area contributed by atoms with Crippen molar-refractivity contribution in [2.24, 2.45) is 0 Å². The summed E-state index contributed by atoms with van der Waals surface area (Å²) in [5.74, 6) is -0.304. The fourth-order valence-corrected chi connectivity index (χ4v) is 1.75. The zero-order valence-corrected chi connectivity index (χ0v) is 10.5. The van der Waals surface area contributed by atoms with Gasteiger partial charge in [0.2, 0.25) is 0 Å². The van der Waals surface area contributed by atoms with Gasteiger partial charge in [-0.25, -0.2) is 0 Å². The average molecular weight is 251 g/mol. The minimum atomic E-state index is -0.660. The first-order valence-electron chi connectivity index (χ1n) is 5.88. The Labute approximate surface area is 111 Å². The molecule has 0 fully saturated rings. The molecule has 1 atom stereocenters. The van der Waals surface area contributed by atoms with Crippen LogP contribution in [-0.4, -0.2) is 10.9 Å². The second-order valence-electron chi connectivity index (χ2n) is 4.19. The van der Waals surface area contributed by atoms with E-state index in [0.29, 0.717) is 5.56 Å². The van der Waals surface area contributed by atoms with Gasteiger partial charge in [0.05, 0.1) is 11.6 Å². The van der Waals surface area contributed by atoms with Crippen LogP contribution >= 0.6 is 0 Å². The Morgan fingerprint density at radius 1 is 1.37 bits per heavy atom. The minimum Gasteiger partial charge on any atom is -0.332 e. The smallest absolute Gasteiger partial charge is 0.254 e. The van der Waals surface area contributed by atoms with E-state index >= 15 is 0 Å². The van der Waals surface area contributed by atoms with Gasteiger partial charge >= 0.3 is 0 Å². The van der Waals surface area contributed by atoms with E-state index < -0.39 is 6.04 Å². The number of hydrogen-bond donors (Lipinski definition) is 1. The van der Waals surface area contributed by atoms with Crippen LogP contribution in [0.5, 0.6) is 0 Å². The van der Waals surface area contributed by atoms with Crippen LogP contribution in [-0.2, 0) is 0 Å². The lowest BCUT2D eigenvalue weighted by Crippen LogP contribution is -2.27. The molecule has 2 aromatic rings. The molecule has 0 aliphatic heterocycles. The van der Waals surface area contributed by atoms with Crippen molar-refractivity contribution in [3.05, 3.63) is 65.5 Å². The third-order valence-corrected chi connectivity index (χ3v) is 2.70. The highest BCUT2D eigenvalue weighted by atomic mass is 16.1. The molecule has 1 unspecified atom stereocenters. The Kier molecular flexibility index (Phi) is 3.89. The van der Waals surface area contributed by atoms with E-state index in [2.05, 4.69) is 16.4 Å². The molecule has 1 amide bonds. The number of benzene rings is 1. The van der Waals surface area contributed by atoms with Gasteiger partial charge in [0.1, 0.15) is 6.04 Å². The summed E-state index contributed by atoms with van der Waals surface area (Å²) in [6.45, 7) is 1.95. The number of nitrogens with zero attached hydrogens (tertiary/aromatic N) is 2. The van der Waals surface area contributed by atoms with Crippen LogP contribution in [0.15, 0.2) is 48.8 Å². The molecule has 0 radical (unpaired) electrons. The number of amides is 1. The van der Waals surface area contributed by atoms with Gasteiger partial charge in [-0.1, -0.05) is 29.8 Å². The van der Waals surface area contributed by atoms with E-state index in [0.717, 1.165) is 11.1 Å². The molecule has 1 heterocycles. The molecule has 94 valence electrons. The van der Waals surface area contributed by atoms with Crippen molar-refractivity contribution in [1.82, 2.24) is 10.3 Å². The molecular weight excluding hydrogens is 238 g/mol. The number of hydrogen-bond acceptors (Lipinski definition) is 3. The highest BCUT2D eigenvalue weighted by molar-refractivity contribution is 5.94. The van der Waals surface area contributed by atoms with E-state index in [4.69, 9.17) is 0 Å². The van der Waals surface area contributed by atoms with Gasteiger partial charge in [0.15, 0.2) is 0 Å². The van der Waals surface area contributed by atoms with E-state index in [1.165, 1.54) is 6.20 Å². The number of carbonyl (C=O) groups is 1. The first-order chi connectivity index (χ1) is 9.20. The molecule has 0 saturated heterocycles. The maximum atomic E-state index is 12.0. The SMILES string of the molecule is Cc1cccc(C(C#N)NC(=O)c2cccnc2)c1. The van der Waals surface area contributed by atoms with Crippen molar-refractivity contribution < 1.29 is 4.79 Å². The van der Waals surface area contributed by atoms with Crippen LogP contribution in [0.3, 0.4) is 0 Å². The van der Waals surface area contributed by atoms with E-state index in [9.17, 15) is 10.1 Å². The summed E-state index contributed by atoms with van der Waals surface area (Å²) in [7, 11) is 0. The van der Waals surface area contributed by atoms with Gasteiger partial charge in [-0.3, -0.25) is 9.78 Å². The zero-order chi connectivity index (χ0) is 13.7. The fourth-order valence-electron chi connectivity index (χ4n) is 1.75. The molecule has 0 saturated carbocycles. The molecule has 4 nitrogen and oxygen atoms in total. The Hall–Kier alpha value is -2.67. The quantitative estimate of drug-likeness (QED) is 0.910. The molecule has 0 aliphatic rings. The number of carbonyl (C=O) groups excluding carboxylic acids is 1. The Morgan fingerprint density at radius 2 is 2.21 bits per heavy atom. The number of aromatic nitrogens is 1. The standard InChI is InChI=1S/C15H13N3O/c1-11-4-2-5-12(8-11)14(9-16)18-15(19)13-6-3-7-17-10-13/h2-8,10,14H,1H3,(H,18,19). The molecule has 0 aliphatic carbocycles. The van der Waals surface area contributed by atoms with E-state index in [-0.39, 0.29) is 5.91 Å². The summed E-state index contributed by atoms with van der Waals surface area (Å²) < 4.78 is 0. The summed E-state index contributed by atoms with van der Waals surface area (Å²) in [5, 5.41) is 11.9. The van der Waals surface area contributed by atoms with Crippen LogP contribution < -0.4 is 5.32 Å². The van der Waals surface area contributed by atoms with Crippen molar-refractivity contribution in [2.45, 2.75) is 13.0 Å². The van der Waals surface area contributed by atoms with Crippen LogP contribution in [0.2, 0.25) is 0 Å². The summed E-state index contributed by atoms with van der Waals surface area (Å²) >= 11 is 0. The lowest BCUT2D eigenvalue weighted by Gasteiger charge is -2.12. The van der Waals surface area contributed by atoms with Gasteiger partial charge in [0.25, 0.3) is 5.91 Å². The number of aryl methyl sites for hydroxylation is 1. The topological polar surface area (TPSA) is 65.8 Å². The number of rotatable bonds is 3. The lowest BCUT2D eigenvalue weighted by atomic mass is 10.1. The van der Waals surface area contributed by atoms with Crippen LogP contribution in [0.1, 0.15) is 27.5 Å². The van der Waals surface area contributed by atoms with E-state index in [1.54, 1.807) is 18.3 Å². The molecule has 1 aromatic heterocycles. The predicted octanol–water partition coefficient (Wildman–Crippen LogP) is 2.38. The Balaban J connectivity index is 2.17. The highest BCUT2D eigenvalue weighted by Crippen LogP contribution is 2.14. The molecule has 4 heteroatoms. The monoisotopic (exact) mass is 251 g/mol. The summed E-state index contributed by atoms with van der Waals surface area (Å²) in [6, 6.07) is 12.3. The summed E-state index contributed by atoms with van der Waals surface area (Å²) in [4.78, 5) is 15.9. The second kappa shape index (κ2) is 5.78. The number of nitrogens with one attached hydrogen (secondary N) is 1. The predicted molar refractivity (Wildman–Crippen MR) is 71.2 cm³/mol.